The molecule has 12 heteroatoms. The number of benzene rings is 1. The van der Waals surface area contributed by atoms with Crippen molar-refractivity contribution in [3.8, 4) is 16.8 Å². The largest absolute Gasteiger partial charge is 0.478 e. The maximum atomic E-state index is 12.3. The molecular weight excluding hydrogens is 510 g/mol. The maximum absolute atomic E-state index is 12.3. The molecule has 0 aliphatic carbocycles. The molecule has 4 rings (SSSR count). The van der Waals surface area contributed by atoms with E-state index in [-0.39, 0.29) is 17.6 Å². The highest BCUT2D eigenvalue weighted by Gasteiger charge is 2.20. The van der Waals surface area contributed by atoms with Gasteiger partial charge in [-0.1, -0.05) is 35.5 Å². The van der Waals surface area contributed by atoms with Crippen LogP contribution in [0.2, 0.25) is 0 Å². The highest BCUT2D eigenvalue weighted by Crippen LogP contribution is 2.26. The number of rotatable bonds is 9. The number of carboxylic acids is 2. The van der Waals surface area contributed by atoms with Crippen molar-refractivity contribution in [1.82, 2.24) is 20.4 Å². The third kappa shape index (κ3) is 9.27. The van der Waals surface area contributed by atoms with E-state index >= 15 is 0 Å². The molecule has 0 unspecified atom stereocenters. The molecule has 198 valence electrons. The molecule has 1 aliphatic rings. The molecule has 3 aromatic rings. The van der Waals surface area contributed by atoms with Crippen molar-refractivity contribution in [2.24, 2.45) is 5.92 Å². The number of aromatic nitrogens is 2. The first-order valence-corrected chi connectivity index (χ1v) is 12.7. The molecule has 1 fully saturated rings. The summed E-state index contributed by atoms with van der Waals surface area (Å²) in [4.78, 5) is 39.3. The van der Waals surface area contributed by atoms with Gasteiger partial charge < -0.3 is 20.1 Å². The molecule has 0 radical (unpaired) electrons. The second-order valence-electron chi connectivity index (χ2n) is 8.46. The number of nitrogens with zero attached hydrogens (tertiary/aromatic N) is 4. The van der Waals surface area contributed by atoms with Gasteiger partial charge in [-0.15, -0.1) is 11.3 Å². The minimum Gasteiger partial charge on any atom is -0.478 e. The summed E-state index contributed by atoms with van der Waals surface area (Å²) >= 11 is 1.26. The zero-order valence-corrected chi connectivity index (χ0v) is 21.3. The van der Waals surface area contributed by atoms with Crippen molar-refractivity contribution < 1.29 is 29.1 Å². The van der Waals surface area contributed by atoms with E-state index in [1.807, 2.05) is 6.07 Å². The van der Waals surface area contributed by atoms with Crippen LogP contribution in [0.15, 0.2) is 59.1 Å². The number of carboxylic acid groups (broad SMARTS) is 2. The molecule has 3 N–H and O–H groups in total. The molecule has 3 heterocycles. The second-order valence-corrected chi connectivity index (χ2v) is 9.54. The standard InChI is InChI=1S/C22H23N5O2S.C4H4O4/c23-14-18-6-7-19(30-18)22-25-20(26-29-22)21(28)24-11-8-16-9-12-27(13-10-16)15-17-4-2-1-3-5-17;5-3(6)1-2-4(7)8/h1-7,16H,8-13,15H2,(H,24,28);1-2H,(H,5,6)(H,7,8). The fourth-order valence-corrected chi connectivity index (χ4v) is 4.54. The minimum atomic E-state index is -1.26. The molecule has 0 spiro atoms. The number of thiophene rings is 1. The van der Waals surface area contributed by atoms with Gasteiger partial charge in [0.2, 0.25) is 0 Å². The SMILES string of the molecule is N#Cc1ccc(-c2nc(C(=O)NCCC3CCN(Cc4ccccc4)CC3)no2)s1.O=C(O)C=CC(=O)O. The fourth-order valence-electron chi connectivity index (χ4n) is 3.82. The van der Waals surface area contributed by atoms with Crippen LogP contribution in [0.5, 0.6) is 0 Å². The smallest absolute Gasteiger partial charge is 0.328 e. The molecular formula is C26H27N5O6S. The first-order valence-electron chi connectivity index (χ1n) is 11.9. The van der Waals surface area contributed by atoms with Crippen LogP contribution in [0.25, 0.3) is 10.8 Å². The number of aliphatic carboxylic acids is 2. The minimum absolute atomic E-state index is 0.0228. The van der Waals surface area contributed by atoms with Crippen LogP contribution in [-0.2, 0) is 16.1 Å². The summed E-state index contributed by atoms with van der Waals surface area (Å²) in [5.74, 6) is -1.94. The van der Waals surface area contributed by atoms with Gasteiger partial charge in [-0.2, -0.15) is 10.2 Å². The number of likely N-dealkylation sites (tertiary alicyclic amines) is 1. The Balaban J connectivity index is 0.000000436. The van der Waals surface area contributed by atoms with Gasteiger partial charge in [-0.05, 0) is 56.0 Å². The summed E-state index contributed by atoms with van der Waals surface area (Å²) in [6, 6.07) is 16.1. The number of carbonyl (C=O) groups excluding carboxylic acids is 1. The average Bonchev–Trinajstić information content (AvgIpc) is 3.59. The Hall–Kier alpha value is -4.34. The van der Waals surface area contributed by atoms with E-state index in [2.05, 4.69) is 50.7 Å². The Bertz CT molecular complexity index is 1270. The van der Waals surface area contributed by atoms with Crippen LogP contribution in [0.4, 0.5) is 0 Å². The van der Waals surface area contributed by atoms with E-state index in [0.29, 0.717) is 34.4 Å². The van der Waals surface area contributed by atoms with Gasteiger partial charge in [0.1, 0.15) is 10.9 Å². The number of hydrogen-bond donors (Lipinski definition) is 3. The molecule has 0 saturated carbocycles. The predicted octanol–water partition coefficient (Wildman–Crippen LogP) is 3.41. The maximum Gasteiger partial charge on any atom is 0.328 e. The zero-order chi connectivity index (χ0) is 27.3. The lowest BCUT2D eigenvalue weighted by Crippen LogP contribution is -2.35. The second kappa shape index (κ2) is 14.4. The summed E-state index contributed by atoms with van der Waals surface area (Å²) in [5, 5.41) is 31.2. The Morgan fingerprint density at radius 3 is 2.39 bits per heavy atom. The number of hydrogen-bond acceptors (Lipinski definition) is 9. The van der Waals surface area contributed by atoms with Crippen molar-refractivity contribution in [3.05, 3.63) is 70.9 Å². The Kier molecular flexibility index (Phi) is 10.7. The highest BCUT2D eigenvalue weighted by atomic mass is 32.1. The monoisotopic (exact) mass is 537 g/mol. The lowest BCUT2D eigenvalue weighted by molar-refractivity contribution is -0.134. The number of amides is 1. The molecule has 1 aromatic carbocycles. The van der Waals surface area contributed by atoms with Crippen molar-refractivity contribution in [1.29, 1.82) is 5.26 Å². The van der Waals surface area contributed by atoms with Crippen LogP contribution in [0.3, 0.4) is 0 Å². The van der Waals surface area contributed by atoms with Crippen LogP contribution in [0.1, 0.15) is 40.3 Å². The van der Waals surface area contributed by atoms with Crippen molar-refractivity contribution >= 4 is 29.2 Å². The van der Waals surface area contributed by atoms with Gasteiger partial charge in [0.25, 0.3) is 17.6 Å². The van der Waals surface area contributed by atoms with Crippen molar-refractivity contribution in [2.75, 3.05) is 19.6 Å². The Morgan fingerprint density at radius 2 is 1.79 bits per heavy atom. The number of carbonyl (C=O) groups is 3. The first-order chi connectivity index (χ1) is 18.3. The third-order valence-corrected chi connectivity index (χ3v) is 6.70. The van der Waals surface area contributed by atoms with Gasteiger partial charge in [0.15, 0.2) is 0 Å². The van der Waals surface area contributed by atoms with Crippen LogP contribution < -0.4 is 5.32 Å². The van der Waals surface area contributed by atoms with E-state index in [4.69, 9.17) is 20.0 Å². The summed E-state index contributed by atoms with van der Waals surface area (Å²) in [7, 11) is 0. The van der Waals surface area contributed by atoms with Gasteiger partial charge in [-0.3, -0.25) is 9.69 Å². The quantitative estimate of drug-likeness (QED) is 0.344. The molecule has 0 atom stereocenters. The van der Waals surface area contributed by atoms with E-state index in [1.54, 1.807) is 12.1 Å². The van der Waals surface area contributed by atoms with Gasteiger partial charge in [-0.25, -0.2) is 9.59 Å². The summed E-state index contributed by atoms with van der Waals surface area (Å²) in [6.45, 7) is 3.79. The van der Waals surface area contributed by atoms with Crippen LogP contribution >= 0.6 is 11.3 Å². The van der Waals surface area contributed by atoms with E-state index in [1.165, 1.54) is 16.9 Å². The molecule has 38 heavy (non-hydrogen) atoms. The number of piperidine rings is 1. The van der Waals surface area contributed by atoms with Gasteiger partial charge >= 0.3 is 11.9 Å². The molecule has 1 saturated heterocycles. The molecule has 1 amide bonds. The molecule has 2 aromatic heterocycles. The van der Waals surface area contributed by atoms with Gasteiger partial charge in [0, 0.05) is 25.2 Å². The Labute approximate surface area is 223 Å². The lowest BCUT2D eigenvalue weighted by atomic mass is 9.93. The van der Waals surface area contributed by atoms with Crippen molar-refractivity contribution in [3.63, 3.8) is 0 Å². The molecule has 1 aliphatic heterocycles. The zero-order valence-electron chi connectivity index (χ0n) is 20.4. The predicted molar refractivity (Wildman–Crippen MR) is 138 cm³/mol. The summed E-state index contributed by atoms with van der Waals surface area (Å²) < 4.78 is 5.16. The molecule has 0 bridgehead atoms. The number of nitriles is 1. The normalized spacial score (nSPS) is 13.9. The van der Waals surface area contributed by atoms with Crippen LogP contribution in [-0.4, -0.2) is 62.7 Å². The molecule has 11 nitrogen and oxygen atoms in total. The first kappa shape index (κ1) is 28.2. The highest BCUT2D eigenvalue weighted by molar-refractivity contribution is 7.15. The van der Waals surface area contributed by atoms with E-state index < -0.39 is 11.9 Å². The average molecular weight is 538 g/mol. The fraction of sp³-hybridized carbons (Fsp3) is 0.308. The van der Waals surface area contributed by atoms with Gasteiger partial charge in [0.05, 0.1) is 4.88 Å². The van der Waals surface area contributed by atoms with E-state index in [0.717, 1.165) is 38.9 Å². The summed E-state index contributed by atoms with van der Waals surface area (Å²) in [6.07, 6.45) is 4.36. The van der Waals surface area contributed by atoms with Crippen molar-refractivity contribution in [2.45, 2.75) is 25.8 Å². The third-order valence-electron chi connectivity index (χ3n) is 5.72. The van der Waals surface area contributed by atoms with E-state index in [9.17, 15) is 14.4 Å². The Morgan fingerprint density at radius 1 is 1.11 bits per heavy atom. The van der Waals surface area contributed by atoms with Crippen LogP contribution in [0, 0.1) is 17.2 Å². The topological polar surface area (TPSA) is 170 Å². The lowest BCUT2D eigenvalue weighted by Gasteiger charge is -2.32. The summed E-state index contributed by atoms with van der Waals surface area (Å²) in [5.41, 5.74) is 1.36. The number of nitrogens with one attached hydrogen (secondary N) is 1.